The molecule has 3 fully saturated rings. The van der Waals surface area contributed by atoms with Gasteiger partial charge in [-0.3, -0.25) is 0 Å². The lowest BCUT2D eigenvalue weighted by molar-refractivity contribution is 0.0614. The predicted octanol–water partition coefficient (Wildman–Crippen LogP) is 8.94. The van der Waals surface area contributed by atoms with Crippen LogP contribution in [0.1, 0.15) is 108 Å². The number of benzene rings is 1. The highest BCUT2D eigenvalue weighted by atomic mass is 16.5. The van der Waals surface area contributed by atoms with Crippen molar-refractivity contribution in [3.63, 3.8) is 0 Å². The van der Waals surface area contributed by atoms with Crippen molar-refractivity contribution < 1.29 is 4.74 Å². The average Bonchev–Trinajstić information content (AvgIpc) is 2.83. The zero-order valence-electron chi connectivity index (χ0n) is 20.1. The van der Waals surface area contributed by atoms with Crippen LogP contribution in [-0.4, -0.2) is 6.61 Å². The zero-order valence-corrected chi connectivity index (χ0v) is 20.1. The van der Waals surface area contributed by atoms with Gasteiger partial charge in [-0.05, 0) is 111 Å². The van der Waals surface area contributed by atoms with Crippen LogP contribution in [-0.2, 0) is 0 Å². The topological polar surface area (TPSA) is 9.23 Å². The molecule has 4 unspecified atom stereocenters. The Labute approximate surface area is 192 Å². The Morgan fingerprint density at radius 3 is 2.16 bits per heavy atom. The highest BCUT2D eigenvalue weighted by molar-refractivity contribution is 5.29. The maximum absolute atomic E-state index is 5.65. The van der Waals surface area contributed by atoms with Crippen molar-refractivity contribution >= 4 is 0 Å². The Morgan fingerprint density at radius 1 is 0.806 bits per heavy atom. The molecule has 172 valence electrons. The first-order valence-electron chi connectivity index (χ1n) is 13.6. The van der Waals surface area contributed by atoms with Gasteiger partial charge in [0.15, 0.2) is 0 Å². The first kappa shape index (κ1) is 22.9. The Bertz CT molecular complexity index is 653. The second-order valence-corrected chi connectivity index (χ2v) is 11.0. The summed E-state index contributed by atoms with van der Waals surface area (Å²) in [6, 6.07) is 8.89. The van der Waals surface area contributed by atoms with Gasteiger partial charge in [0.25, 0.3) is 0 Å². The van der Waals surface area contributed by atoms with Crippen molar-refractivity contribution in [3.8, 4) is 5.75 Å². The summed E-state index contributed by atoms with van der Waals surface area (Å²) < 4.78 is 5.65. The molecule has 31 heavy (non-hydrogen) atoms. The molecule has 0 saturated heterocycles. The van der Waals surface area contributed by atoms with Gasteiger partial charge in [0, 0.05) is 0 Å². The van der Waals surface area contributed by atoms with E-state index in [1.165, 1.54) is 69.8 Å². The number of unbranched alkanes of at least 4 members (excludes halogenated alkanes) is 2. The molecule has 3 saturated carbocycles. The third-order valence-corrected chi connectivity index (χ3v) is 9.14. The maximum atomic E-state index is 5.65. The molecule has 4 atom stereocenters. The summed E-state index contributed by atoms with van der Waals surface area (Å²) in [5.74, 6) is 6.99. The molecular formula is C30H46O. The van der Waals surface area contributed by atoms with E-state index in [0.29, 0.717) is 6.61 Å². The third kappa shape index (κ3) is 6.17. The van der Waals surface area contributed by atoms with Crippen LogP contribution in [0.2, 0.25) is 0 Å². The lowest BCUT2D eigenvalue weighted by atomic mass is 9.60. The molecule has 0 aromatic heterocycles. The van der Waals surface area contributed by atoms with Gasteiger partial charge in [-0.25, -0.2) is 0 Å². The summed E-state index contributed by atoms with van der Waals surface area (Å²) in [7, 11) is 0. The lowest BCUT2D eigenvalue weighted by Crippen LogP contribution is -2.34. The van der Waals surface area contributed by atoms with Gasteiger partial charge in [0.05, 0.1) is 0 Å². The predicted molar refractivity (Wildman–Crippen MR) is 133 cm³/mol. The van der Waals surface area contributed by atoms with E-state index in [1.807, 2.05) is 6.08 Å². The summed E-state index contributed by atoms with van der Waals surface area (Å²) in [5.41, 5.74) is 1.52. The van der Waals surface area contributed by atoms with Crippen LogP contribution in [0.25, 0.3) is 0 Å². The highest BCUT2D eigenvalue weighted by Crippen LogP contribution is 2.50. The summed E-state index contributed by atoms with van der Waals surface area (Å²) in [6.07, 6.45) is 22.6. The monoisotopic (exact) mass is 422 g/mol. The van der Waals surface area contributed by atoms with E-state index in [2.05, 4.69) is 37.8 Å². The van der Waals surface area contributed by atoms with E-state index in [1.54, 1.807) is 25.7 Å². The normalized spacial score (nSPS) is 33.5. The Morgan fingerprint density at radius 2 is 1.45 bits per heavy atom. The van der Waals surface area contributed by atoms with Crippen molar-refractivity contribution in [1.82, 2.24) is 0 Å². The number of hydrogen-bond donors (Lipinski definition) is 0. The second kappa shape index (κ2) is 11.6. The van der Waals surface area contributed by atoms with Gasteiger partial charge in [0.2, 0.25) is 0 Å². The van der Waals surface area contributed by atoms with Gasteiger partial charge < -0.3 is 4.74 Å². The molecule has 0 radical (unpaired) electrons. The van der Waals surface area contributed by atoms with Crippen molar-refractivity contribution in [2.24, 2.45) is 29.6 Å². The average molecular weight is 423 g/mol. The number of ether oxygens (including phenoxy) is 1. The summed E-state index contributed by atoms with van der Waals surface area (Å²) >= 11 is 0. The number of rotatable bonds is 9. The smallest absolute Gasteiger partial charge is 0.119 e. The Kier molecular flexibility index (Phi) is 8.56. The molecule has 4 rings (SSSR count). The molecule has 3 aliphatic carbocycles. The quantitative estimate of drug-likeness (QED) is 0.285. The first-order valence-corrected chi connectivity index (χ1v) is 13.6. The van der Waals surface area contributed by atoms with Crippen molar-refractivity contribution in [1.29, 1.82) is 0 Å². The molecule has 0 spiro atoms. The van der Waals surface area contributed by atoms with Crippen LogP contribution in [0.3, 0.4) is 0 Å². The van der Waals surface area contributed by atoms with Gasteiger partial charge >= 0.3 is 0 Å². The molecular weight excluding hydrogens is 376 g/mol. The van der Waals surface area contributed by atoms with Crippen LogP contribution in [0.5, 0.6) is 5.75 Å². The van der Waals surface area contributed by atoms with E-state index in [-0.39, 0.29) is 0 Å². The fourth-order valence-electron chi connectivity index (χ4n) is 7.31. The fourth-order valence-corrected chi connectivity index (χ4v) is 7.31. The summed E-state index contributed by atoms with van der Waals surface area (Å²) in [6.45, 7) is 6.65. The molecule has 1 nitrogen and oxygen atoms in total. The van der Waals surface area contributed by atoms with E-state index >= 15 is 0 Å². The van der Waals surface area contributed by atoms with Crippen LogP contribution < -0.4 is 4.74 Å². The molecule has 0 N–H and O–H groups in total. The van der Waals surface area contributed by atoms with E-state index in [4.69, 9.17) is 4.74 Å². The van der Waals surface area contributed by atoms with Crippen LogP contribution in [0, 0.1) is 29.6 Å². The minimum absolute atomic E-state index is 0.590. The molecule has 0 heterocycles. The van der Waals surface area contributed by atoms with Crippen molar-refractivity contribution in [2.75, 3.05) is 6.61 Å². The minimum atomic E-state index is 0.590. The van der Waals surface area contributed by atoms with Gasteiger partial charge in [-0.2, -0.15) is 0 Å². The first-order chi connectivity index (χ1) is 15.3. The molecule has 0 bridgehead atoms. The minimum Gasteiger partial charge on any atom is -0.490 e. The standard InChI is InChI=1S/C30H46O/c1-3-5-6-7-23-8-9-29-22-28(15-14-27(29)21-23)26-12-10-24(11-13-26)25-16-18-30(19-17-25)31-20-4-2/h4,16-19,23-24,26-29H,2-3,5-15,20-22H2,1H3. The zero-order chi connectivity index (χ0) is 21.5. The Balaban J connectivity index is 1.21. The van der Waals surface area contributed by atoms with Crippen molar-refractivity contribution in [3.05, 3.63) is 42.5 Å². The van der Waals surface area contributed by atoms with Gasteiger partial charge in [0.1, 0.15) is 12.4 Å². The van der Waals surface area contributed by atoms with Crippen molar-refractivity contribution in [2.45, 2.75) is 103 Å². The molecule has 1 heteroatoms. The Hall–Kier alpha value is -1.24. The van der Waals surface area contributed by atoms with Crippen LogP contribution in [0.4, 0.5) is 0 Å². The lowest BCUT2D eigenvalue weighted by Gasteiger charge is -2.45. The fraction of sp³-hybridized carbons (Fsp3) is 0.733. The SMILES string of the molecule is C=CCOc1ccc(C2CCC(C3CCC4CC(CCCCC)CCC4C3)CC2)cc1. The van der Waals surface area contributed by atoms with Gasteiger partial charge in [-0.1, -0.05) is 63.8 Å². The summed E-state index contributed by atoms with van der Waals surface area (Å²) in [4.78, 5) is 0. The molecule has 1 aromatic carbocycles. The molecule has 3 aliphatic rings. The molecule has 0 amide bonds. The van der Waals surface area contributed by atoms with Gasteiger partial charge in [-0.15, -0.1) is 0 Å². The molecule has 0 aliphatic heterocycles. The largest absolute Gasteiger partial charge is 0.490 e. The van der Waals surface area contributed by atoms with Crippen LogP contribution in [0.15, 0.2) is 36.9 Å². The van der Waals surface area contributed by atoms with E-state index < -0.39 is 0 Å². The highest BCUT2D eigenvalue weighted by Gasteiger charge is 2.38. The van der Waals surface area contributed by atoms with E-state index in [9.17, 15) is 0 Å². The summed E-state index contributed by atoms with van der Waals surface area (Å²) in [5, 5.41) is 0. The number of fused-ring (bicyclic) bond motifs is 1. The molecule has 1 aromatic rings. The number of hydrogen-bond acceptors (Lipinski definition) is 1. The maximum Gasteiger partial charge on any atom is 0.119 e. The third-order valence-electron chi connectivity index (χ3n) is 9.14. The van der Waals surface area contributed by atoms with E-state index in [0.717, 1.165) is 41.3 Å². The second-order valence-electron chi connectivity index (χ2n) is 11.0. The van der Waals surface area contributed by atoms with Crippen LogP contribution >= 0.6 is 0 Å².